The smallest absolute Gasteiger partial charge is 0.260 e. The standard InChI is InChI=1S/C34H35N3O2S/c1-23-8-7-11-25(18-23)22-37-30-20-26(33(38)35-17-16-27-21-36-29-13-6-5-12-28(27)29)14-15-31(30)40-32(34(37)39)19-24-9-3-2-4-10-24/h2-13,18-19,21,26,30-31,36H,14-17,20,22H2,1H3,(H,35,38)/b32-19-. The van der Waals surface area contributed by atoms with Gasteiger partial charge in [-0.05, 0) is 61.4 Å². The van der Waals surface area contributed by atoms with Gasteiger partial charge < -0.3 is 15.2 Å². The van der Waals surface area contributed by atoms with Crippen molar-refractivity contribution in [2.75, 3.05) is 6.54 Å². The number of nitrogens with one attached hydrogen (secondary N) is 2. The Balaban J connectivity index is 1.16. The van der Waals surface area contributed by atoms with Crippen molar-refractivity contribution in [1.29, 1.82) is 0 Å². The van der Waals surface area contributed by atoms with Crippen LogP contribution in [0.25, 0.3) is 17.0 Å². The first kappa shape index (κ1) is 26.5. The minimum Gasteiger partial charge on any atom is -0.361 e. The van der Waals surface area contributed by atoms with Crippen molar-refractivity contribution in [2.24, 2.45) is 5.92 Å². The molecule has 1 saturated carbocycles. The number of aryl methyl sites for hydroxylation is 1. The van der Waals surface area contributed by atoms with Crippen LogP contribution in [0.3, 0.4) is 0 Å². The molecule has 2 N–H and O–H groups in total. The number of fused-ring (bicyclic) bond motifs is 2. The fraction of sp³-hybridized carbons (Fsp3) is 0.294. The van der Waals surface area contributed by atoms with Gasteiger partial charge in [0, 0.05) is 47.4 Å². The summed E-state index contributed by atoms with van der Waals surface area (Å²) in [6.07, 6.45) is 7.31. The monoisotopic (exact) mass is 549 g/mol. The van der Waals surface area contributed by atoms with Gasteiger partial charge in [0.15, 0.2) is 0 Å². The lowest BCUT2D eigenvalue weighted by Crippen LogP contribution is -2.53. The van der Waals surface area contributed by atoms with Crippen LogP contribution in [-0.4, -0.2) is 39.5 Å². The Labute approximate surface area is 240 Å². The quantitative estimate of drug-likeness (QED) is 0.259. The number of carbonyl (C=O) groups excluding carboxylic acids is 2. The SMILES string of the molecule is Cc1cccc(CN2C(=O)/C(=C/c3ccccc3)SC3CCC(C(=O)NCCc4c[nH]c5ccccc45)CC32)c1. The van der Waals surface area contributed by atoms with Crippen molar-refractivity contribution in [1.82, 2.24) is 15.2 Å². The molecule has 3 aromatic carbocycles. The van der Waals surface area contributed by atoms with E-state index in [1.807, 2.05) is 59.6 Å². The molecule has 0 radical (unpaired) electrons. The van der Waals surface area contributed by atoms with E-state index in [-0.39, 0.29) is 29.0 Å². The van der Waals surface area contributed by atoms with E-state index in [1.165, 1.54) is 16.5 Å². The molecule has 5 nitrogen and oxygen atoms in total. The molecule has 0 spiro atoms. The summed E-state index contributed by atoms with van der Waals surface area (Å²) in [6, 6.07) is 26.7. The average Bonchev–Trinajstić information content (AvgIpc) is 3.38. The maximum Gasteiger partial charge on any atom is 0.260 e. The Bertz CT molecular complexity index is 1540. The number of aromatic nitrogens is 1. The average molecular weight is 550 g/mol. The van der Waals surface area contributed by atoms with Crippen LogP contribution in [0.15, 0.2) is 90.0 Å². The molecular formula is C34H35N3O2S. The molecule has 1 aliphatic heterocycles. The van der Waals surface area contributed by atoms with Crippen LogP contribution in [-0.2, 0) is 22.6 Å². The van der Waals surface area contributed by atoms with Gasteiger partial charge in [0.2, 0.25) is 5.91 Å². The lowest BCUT2D eigenvalue weighted by Gasteiger charge is -2.46. The van der Waals surface area contributed by atoms with E-state index in [0.717, 1.165) is 40.8 Å². The van der Waals surface area contributed by atoms with Crippen molar-refractivity contribution in [3.05, 3.63) is 112 Å². The molecule has 4 aromatic rings. The molecule has 1 aliphatic carbocycles. The lowest BCUT2D eigenvalue weighted by atomic mass is 9.83. The van der Waals surface area contributed by atoms with Crippen LogP contribution in [0.1, 0.15) is 41.5 Å². The van der Waals surface area contributed by atoms with Crippen LogP contribution in [0.2, 0.25) is 0 Å². The second-order valence-corrected chi connectivity index (χ2v) is 12.3. The molecule has 40 heavy (non-hydrogen) atoms. The number of amides is 2. The Hall–Kier alpha value is -3.77. The molecule has 6 heteroatoms. The molecule has 2 aliphatic rings. The molecular weight excluding hydrogens is 514 g/mol. The summed E-state index contributed by atoms with van der Waals surface area (Å²) >= 11 is 1.70. The van der Waals surface area contributed by atoms with Gasteiger partial charge in [-0.25, -0.2) is 0 Å². The van der Waals surface area contributed by atoms with E-state index in [2.05, 4.69) is 53.6 Å². The number of hydrogen-bond donors (Lipinski definition) is 2. The number of para-hydroxylation sites is 1. The lowest BCUT2D eigenvalue weighted by molar-refractivity contribution is -0.133. The zero-order chi connectivity index (χ0) is 27.5. The predicted molar refractivity (Wildman–Crippen MR) is 164 cm³/mol. The van der Waals surface area contributed by atoms with Crippen molar-refractivity contribution in [2.45, 2.75) is 50.4 Å². The molecule has 2 fully saturated rings. The van der Waals surface area contributed by atoms with Crippen molar-refractivity contribution >= 4 is 40.6 Å². The van der Waals surface area contributed by atoms with Gasteiger partial charge in [-0.1, -0.05) is 78.4 Å². The van der Waals surface area contributed by atoms with Gasteiger partial charge in [0.1, 0.15) is 0 Å². The van der Waals surface area contributed by atoms with Gasteiger partial charge in [-0.15, -0.1) is 11.8 Å². The molecule has 1 aromatic heterocycles. The third-order valence-corrected chi connectivity index (χ3v) is 9.58. The summed E-state index contributed by atoms with van der Waals surface area (Å²) in [5, 5.41) is 4.70. The highest BCUT2D eigenvalue weighted by molar-refractivity contribution is 8.04. The number of carbonyl (C=O) groups is 2. The molecule has 2 heterocycles. The Morgan fingerprint density at radius 1 is 1.05 bits per heavy atom. The van der Waals surface area contributed by atoms with Crippen molar-refractivity contribution < 1.29 is 9.59 Å². The van der Waals surface area contributed by atoms with Gasteiger partial charge >= 0.3 is 0 Å². The molecule has 204 valence electrons. The highest BCUT2D eigenvalue weighted by Gasteiger charge is 2.44. The molecule has 0 bridgehead atoms. The van der Waals surface area contributed by atoms with E-state index in [4.69, 9.17) is 0 Å². The minimum absolute atomic E-state index is 0.0315. The Kier molecular flexibility index (Phi) is 7.78. The van der Waals surface area contributed by atoms with Crippen molar-refractivity contribution in [3.63, 3.8) is 0 Å². The van der Waals surface area contributed by atoms with E-state index in [0.29, 0.717) is 19.5 Å². The first-order chi connectivity index (χ1) is 19.5. The fourth-order valence-electron chi connectivity index (χ4n) is 6.12. The number of rotatable bonds is 7. The topological polar surface area (TPSA) is 65.2 Å². The van der Waals surface area contributed by atoms with Crippen LogP contribution in [0.5, 0.6) is 0 Å². The normalized spacial score (nSPS) is 21.9. The number of thioether (sulfide) groups is 1. The zero-order valence-electron chi connectivity index (χ0n) is 22.8. The maximum absolute atomic E-state index is 13.9. The summed E-state index contributed by atoms with van der Waals surface area (Å²) in [6.45, 7) is 3.25. The number of nitrogens with zero attached hydrogens (tertiary/aromatic N) is 1. The second-order valence-electron chi connectivity index (χ2n) is 11.0. The maximum atomic E-state index is 13.9. The van der Waals surface area contributed by atoms with Gasteiger partial charge in [0.25, 0.3) is 5.91 Å². The largest absolute Gasteiger partial charge is 0.361 e. The molecule has 3 atom stereocenters. The predicted octanol–water partition coefficient (Wildman–Crippen LogP) is 6.49. The summed E-state index contributed by atoms with van der Waals surface area (Å²) in [7, 11) is 0. The summed E-state index contributed by atoms with van der Waals surface area (Å²) in [4.78, 5) is 33.4. The molecule has 2 amide bonds. The van der Waals surface area contributed by atoms with Crippen molar-refractivity contribution in [3.8, 4) is 0 Å². The second kappa shape index (κ2) is 11.8. The fourth-order valence-corrected chi connectivity index (χ4v) is 7.54. The molecule has 3 unspecified atom stereocenters. The van der Waals surface area contributed by atoms with Crippen LogP contribution in [0.4, 0.5) is 0 Å². The number of benzene rings is 3. The van der Waals surface area contributed by atoms with E-state index < -0.39 is 0 Å². The zero-order valence-corrected chi connectivity index (χ0v) is 23.6. The first-order valence-corrected chi connectivity index (χ1v) is 15.1. The Morgan fingerprint density at radius 2 is 1.88 bits per heavy atom. The van der Waals surface area contributed by atoms with Crippen LogP contribution < -0.4 is 5.32 Å². The van der Waals surface area contributed by atoms with Gasteiger partial charge in [-0.2, -0.15) is 0 Å². The van der Waals surface area contributed by atoms with E-state index in [1.54, 1.807) is 11.8 Å². The number of aromatic amines is 1. The number of H-pyrrole nitrogens is 1. The van der Waals surface area contributed by atoms with Gasteiger partial charge in [-0.3, -0.25) is 9.59 Å². The van der Waals surface area contributed by atoms with Gasteiger partial charge in [0.05, 0.1) is 4.91 Å². The summed E-state index contributed by atoms with van der Waals surface area (Å²) in [5.74, 6) is 0.0890. The minimum atomic E-state index is -0.0859. The summed E-state index contributed by atoms with van der Waals surface area (Å²) < 4.78 is 0. The third-order valence-electron chi connectivity index (χ3n) is 8.18. The number of hydrogen-bond acceptors (Lipinski definition) is 3. The van der Waals surface area contributed by atoms with Crippen LogP contribution >= 0.6 is 11.8 Å². The van der Waals surface area contributed by atoms with Crippen LogP contribution in [0, 0.1) is 12.8 Å². The highest BCUT2D eigenvalue weighted by Crippen LogP contribution is 2.44. The Morgan fingerprint density at radius 3 is 2.73 bits per heavy atom. The van der Waals surface area contributed by atoms with E-state index >= 15 is 0 Å². The summed E-state index contributed by atoms with van der Waals surface area (Å²) in [5.41, 5.74) is 5.69. The third kappa shape index (κ3) is 5.73. The highest BCUT2D eigenvalue weighted by atomic mass is 32.2. The molecule has 6 rings (SSSR count). The van der Waals surface area contributed by atoms with E-state index in [9.17, 15) is 9.59 Å². The molecule has 1 saturated heterocycles. The first-order valence-electron chi connectivity index (χ1n) is 14.2.